The summed E-state index contributed by atoms with van der Waals surface area (Å²) in [6, 6.07) is 3.36. The second-order valence-corrected chi connectivity index (χ2v) is 14.1. The Labute approximate surface area is 271 Å². The molecule has 7 atom stereocenters. The van der Waals surface area contributed by atoms with Gasteiger partial charge in [-0.3, -0.25) is 0 Å². The highest BCUT2D eigenvalue weighted by atomic mass is 16.5. The SMILES string of the molecule is CCN1C2=CCCC=C2OC2=CC(CCC3CC(C#N)C(C=CC4=CCC5C(=C4)OC4CCCC=C4N5CC)=CC3C)CCC21. The number of allylic oxidation sites excluding steroid dienone is 10. The van der Waals surface area contributed by atoms with Gasteiger partial charge in [-0.15, -0.1) is 0 Å². The zero-order chi connectivity index (χ0) is 30.9. The van der Waals surface area contributed by atoms with E-state index in [0.717, 1.165) is 63.1 Å². The van der Waals surface area contributed by atoms with Crippen molar-refractivity contribution in [1.82, 2.24) is 9.80 Å². The minimum Gasteiger partial charge on any atom is -0.486 e. The zero-order valence-corrected chi connectivity index (χ0v) is 27.6. The molecule has 238 valence electrons. The zero-order valence-electron chi connectivity index (χ0n) is 27.6. The highest BCUT2D eigenvalue weighted by Crippen LogP contribution is 2.43. The van der Waals surface area contributed by atoms with E-state index >= 15 is 0 Å². The van der Waals surface area contributed by atoms with Crippen LogP contribution in [0.2, 0.25) is 0 Å². The first kappa shape index (κ1) is 30.3. The molecule has 45 heavy (non-hydrogen) atoms. The third-order valence-corrected chi connectivity index (χ3v) is 11.4. The number of likely N-dealkylation sites (N-methyl/N-ethyl adjacent to an activating group) is 2. The Kier molecular flexibility index (Phi) is 8.85. The number of morpholine rings is 2. The maximum atomic E-state index is 10.2. The third-order valence-electron chi connectivity index (χ3n) is 11.4. The van der Waals surface area contributed by atoms with E-state index in [9.17, 15) is 5.26 Å². The van der Waals surface area contributed by atoms with Crippen LogP contribution in [-0.4, -0.2) is 41.1 Å². The van der Waals surface area contributed by atoms with Gasteiger partial charge in [0, 0.05) is 13.1 Å². The van der Waals surface area contributed by atoms with Gasteiger partial charge in [-0.1, -0.05) is 43.4 Å². The lowest BCUT2D eigenvalue weighted by Crippen LogP contribution is -2.47. The van der Waals surface area contributed by atoms with Gasteiger partial charge in [-0.2, -0.15) is 5.26 Å². The van der Waals surface area contributed by atoms with Gasteiger partial charge in [-0.05, 0) is 132 Å². The molecule has 0 amide bonds. The van der Waals surface area contributed by atoms with Crippen molar-refractivity contribution in [3.63, 3.8) is 0 Å². The van der Waals surface area contributed by atoms with E-state index in [4.69, 9.17) is 9.47 Å². The maximum absolute atomic E-state index is 10.2. The van der Waals surface area contributed by atoms with Gasteiger partial charge >= 0.3 is 0 Å². The molecule has 0 spiro atoms. The van der Waals surface area contributed by atoms with Gasteiger partial charge in [0.2, 0.25) is 0 Å². The molecule has 7 rings (SSSR count). The highest BCUT2D eigenvalue weighted by Gasteiger charge is 2.39. The van der Waals surface area contributed by atoms with Crippen LogP contribution >= 0.6 is 0 Å². The van der Waals surface area contributed by atoms with Crippen molar-refractivity contribution in [2.24, 2.45) is 23.7 Å². The highest BCUT2D eigenvalue weighted by molar-refractivity contribution is 5.43. The average Bonchev–Trinajstić information content (AvgIpc) is 3.07. The standard InChI is InChI=1S/C40H51N3O2/c1-4-42-33-10-6-8-12-37(33)44-39-23-28(16-20-35(39)42)14-18-30-25-32(26-41)31(22-27(30)3)19-15-29-17-21-36-40(24-29)45-38-13-9-7-11-34(38)43(36)5-2/h10-12,15,17,19,22-24,27-28,30,32,35-36,38H,4-9,13-14,16,18,20-21,25H2,1-3H3. The first-order valence-corrected chi connectivity index (χ1v) is 18.0. The van der Waals surface area contributed by atoms with Crippen LogP contribution in [0, 0.1) is 35.0 Å². The van der Waals surface area contributed by atoms with Crippen molar-refractivity contribution in [3.8, 4) is 6.07 Å². The van der Waals surface area contributed by atoms with Crippen molar-refractivity contribution in [1.29, 1.82) is 5.26 Å². The number of ether oxygens (including phenoxy) is 2. The Bertz CT molecular complexity index is 1450. The summed E-state index contributed by atoms with van der Waals surface area (Å²) in [5, 5.41) is 10.2. The summed E-state index contributed by atoms with van der Waals surface area (Å²) in [6.07, 6.45) is 33.4. The van der Waals surface area contributed by atoms with Crippen molar-refractivity contribution in [2.75, 3.05) is 13.1 Å². The van der Waals surface area contributed by atoms with Crippen molar-refractivity contribution < 1.29 is 9.47 Å². The number of hydrogen-bond donors (Lipinski definition) is 0. The summed E-state index contributed by atoms with van der Waals surface area (Å²) in [6.45, 7) is 8.92. The third kappa shape index (κ3) is 5.98. The number of fused-ring (bicyclic) bond motifs is 4. The number of rotatable bonds is 7. The van der Waals surface area contributed by atoms with Crippen LogP contribution in [-0.2, 0) is 9.47 Å². The van der Waals surface area contributed by atoms with Gasteiger partial charge < -0.3 is 19.3 Å². The first-order valence-electron chi connectivity index (χ1n) is 18.0. The Morgan fingerprint density at radius 2 is 1.78 bits per heavy atom. The van der Waals surface area contributed by atoms with E-state index in [2.05, 4.69) is 91.3 Å². The minimum atomic E-state index is -0.0409. The molecule has 7 unspecified atom stereocenters. The number of hydrogen-bond acceptors (Lipinski definition) is 5. The maximum Gasteiger partial charge on any atom is 0.146 e. The fourth-order valence-electron chi connectivity index (χ4n) is 8.96. The number of nitrogens with zero attached hydrogens (tertiary/aromatic N) is 3. The van der Waals surface area contributed by atoms with Crippen LogP contribution in [0.1, 0.15) is 91.4 Å². The summed E-state index contributed by atoms with van der Waals surface area (Å²) in [5.41, 5.74) is 5.09. The molecule has 2 heterocycles. The van der Waals surface area contributed by atoms with E-state index in [0.29, 0.717) is 29.8 Å². The fourth-order valence-corrected chi connectivity index (χ4v) is 8.96. The van der Waals surface area contributed by atoms with Crippen LogP contribution in [0.5, 0.6) is 0 Å². The molecule has 5 nitrogen and oxygen atoms in total. The molecule has 0 bridgehead atoms. The smallest absolute Gasteiger partial charge is 0.146 e. The Morgan fingerprint density at radius 3 is 2.62 bits per heavy atom. The predicted octanol–water partition coefficient (Wildman–Crippen LogP) is 8.99. The molecule has 0 aromatic rings. The minimum absolute atomic E-state index is 0.0409. The van der Waals surface area contributed by atoms with E-state index < -0.39 is 0 Å². The molecule has 2 saturated heterocycles. The van der Waals surface area contributed by atoms with Crippen molar-refractivity contribution >= 4 is 0 Å². The Hall–Kier alpha value is -3.39. The molecule has 0 N–H and O–H groups in total. The molecule has 7 aliphatic rings. The van der Waals surface area contributed by atoms with Crippen LogP contribution in [0.3, 0.4) is 0 Å². The van der Waals surface area contributed by atoms with Crippen molar-refractivity contribution in [2.45, 2.75) is 110 Å². The second-order valence-electron chi connectivity index (χ2n) is 14.1. The second kappa shape index (κ2) is 13.1. The van der Waals surface area contributed by atoms with Crippen LogP contribution in [0.15, 0.2) is 94.5 Å². The summed E-state index contributed by atoms with van der Waals surface area (Å²) < 4.78 is 13.0. The normalized spacial score (nSPS) is 34.1. The van der Waals surface area contributed by atoms with Gasteiger partial charge in [-0.25, -0.2) is 0 Å². The Morgan fingerprint density at radius 1 is 0.911 bits per heavy atom. The molecule has 5 aliphatic carbocycles. The van der Waals surface area contributed by atoms with Crippen molar-refractivity contribution in [3.05, 3.63) is 94.5 Å². The van der Waals surface area contributed by atoms with Gasteiger partial charge in [0.05, 0.1) is 35.5 Å². The summed E-state index contributed by atoms with van der Waals surface area (Å²) in [7, 11) is 0. The van der Waals surface area contributed by atoms with Gasteiger partial charge in [0.15, 0.2) is 0 Å². The average molecular weight is 606 g/mol. The van der Waals surface area contributed by atoms with E-state index in [1.54, 1.807) is 0 Å². The molecule has 0 aromatic carbocycles. The van der Waals surface area contributed by atoms with Crippen LogP contribution in [0.25, 0.3) is 0 Å². The Balaban J connectivity index is 0.984. The largest absolute Gasteiger partial charge is 0.486 e. The molecule has 2 aliphatic heterocycles. The van der Waals surface area contributed by atoms with E-state index in [1.165, 1.54) is 60.4 Å². The van der Waals surface area contributed by atoms with Gasteiger partial charge in [0.1, 0.15) is 23.4 Å². The molecule has 0 aromatic heterocycles. The molecule has 5 heteroatoms. The molecular weight excluding hydrogens is 554 g/mol. The molecule has 0 radical (unpaired) electrons. The summed E-state index contributed by atoms with van der Waals surface area (Å²) in [4.78, 5) is 5.11. The van der Waals surface area contributed by atoms with Crippen LogP contribution in [0.4, 0.5) is 0 Å². The lowest BCUT2D eigenvalue weighted by atomic mass is 9.72. The summed E-state index contributed by atoms with van der Waals surface area (Å²) >= 11 is 0. The van der Waals surface area contributed by atoms with Gasteiger partial charge in [0.25, 0.3) is 0 Å². The van der Waals surface area contributed by atoms with Crippen LogP contribution < -0.4 is 0 Å². The monoisotopic (exact) mass is 605 g/mol. The fraction of sp³-hybridized carbons (Fsp3) is 0.575. The topological polar surface area (TPSA) is 48.7 Å². The quantitative estimate of drug-likeness (QED) is 0.290. The molecular formula is C40H51N3O2. The first-order chi connectivity index (χ1) is 22.1. The lowest BCUT2D eigenvalue weighted by molar-refractivity contribution is 0.0207. The molecule has 2 fully saturated rings. The molecule has 0 saturated carbocycles. The lowest BCUT2D eigenvalue weighted by Gasteiger charge is -2.46. The van der Waals surface area contributed by atoms with E-state index in [-0.39, 0.29) is 12.0 Å². The predicted molar refractivity (Wildman–Crippen MR) is 180 cm³/mol. The van der Waals surface area contributed by atoms with E-state index in [1.807, 2.05) is 0 Å². The number of nitriles is 1. The summed E-state index contributed by atoms with van der Waals surface area (Å²) in [5.74, 6) is 4.89.